The maximum Gasteiger partial charge on any atom is 0.371 e. The number of carbonyl (C=O) groups is 3. The van der Waals surface area contributed by atoms with E-state index in [2.05, 4.69) is 5.32 Å². The van der Waals surface area contributed by atoms with Gasteiger partial charge in [-0.3, -0.25) is 14.9 Å². The van der Waals surface area contributed by atoms with Crippen LogP contribution < -0.4 is 19.7 Å². The fourth-order valence-corrected chi connectivity index (χ4v) is 3.56. The maximum atomic E-state index is 14.3. The fraction of sp³-hybridized carbons (Fsp3) is 0.0833. The van der Waals surface area contributed by atoms with Gasteiger partial charge in [-0.1, -0.05) is 18.2 Å². The summed E-state index contributed by atoms with van der Waals surface area (Å²) in [5.41, 5.74) is 0.0910. The van der Waals surface area contributed by atoms with Crippen molar-refractivity contribution < 1.29 is 37.8 Å². The average Bonchev–Trinajstić information content (AvgIpc) is 3.31. The fourth-order valence-electron chi connectivity index (χ4n) is 3.29. The SMILES string of the molecule is COc1cc(/C=C2\C(=O)NC(=S)N(c3ccccc3F)C2=O)ccc1OCc1ccc(C(=O)O)o1. The van der Waals surface area contributed by atoms with Crippen LogP contribution in [-0.4, -0.2) is 35.1 Å². The lowest BCUT2D eigenvalue weighted by molar-refractivity contribution is -0.122. The molecule has 2 heterocycles. The van der Waals surface area contributed by atoms with Crippen LogP contribution in [-0.2, 0) is 16.2 Å². The van der Waals surface area contributed by atoms with Gasteiger partial charge in [0.05, 0.1) is 12.8 Å². The number of para-hydroxylation sites is 1. The number of thiocarbonyl (C=S) groups is 1. The summed E-state index contributed by atoms with van der Waals surface area (Å²) in [4.78, 5) is 37.4. The van der Waals surface area contributed by atoms with Crippen LogP contribution in [0.2, 0.25) is 0 Å². The molecule has 1 aliphatic rings. The van der Waals surface area contributed by atoms with E-state index in [9.17, 15) is 18.8 Å². The maximum absolute atomic E-state index is 14.3. The van der Waals surface area contributed by atoms with Gasteiger partial charge in [0.1, 0.15) is 23.8 Å². The molecule has 1 saturated heterocycles. The highest BCUT2D eigenvalue weighted by Gasteiger charge is 2.35. The first-order valence-electron chi connectivity index (χ1n) is 10.1. The molecule has 178 valence electrons. The Morgan fingerprint density at radius 2 is 1.94 bits per heavy atom. The summed E-state index contributed by atoms with van der Waals surface area (Å²) >= 11 is 5.08. The number of ether oxygens (including phenoxy) is 2. The smallest absolute Gasteiger partial charge is 0.371 e. The van der Waals surface area contributed by atoms with Crippen LogP contribution in [0.3, 0.4) is 0 Å². The largest absolute Gasteiger partial charge is 0.493 e. The number of anilines is 1. The van der Waals surface area contributed by atoms with Crippen molar-refractivity contribution in [3.63, 3.8) is 0 Å². The van der Waals surface area contributed by atoms with E-state index in [1.54, 1.807) is 18.2 Å². The number of halogens is 1. The normalized spacial score (nSPS) is 14.7. The number of furan rings is 1. The van der Waals surface area contributed by atoms with Gasteiger partial charge in [-0.15, -0.1) is 0 Å². The van der Waals surface area contributed by atoms with E-state index in [1.807, 2.05) is 0 Å². The topological polar surface area (TPSA) is 118 Å². The summed E-state index contributed by atoms with van der Waals surface area (Å²) in [5, 5.41) is 11.1. The molecule has 1 fully saturated rings. The summed E-state index contributed by atoms with van der Waals surface area (Å²) in [7, 11) is 1.41. The molecule has 0 bridgehead atoms. The van der Waals surface area contributed by atoms with Gasteiger partial charge < -0.3 is 19.0 Å². The van der Waals surface area contributed by atoms with Crippen LogP contribution in [0.15, 0.2) is 64.6 Å². The molecule has 2 N–H and O–H groups in total. The highest BCUT2D eigenvalue weighted by atomic mass is 32.1. The predicted molar refractivity (Wildman–Crippen MR) is 126 cm³/mol. The van der Waals surface area contributed by atoms with Crippen molar-refractivity contribution in [3.8, 4) is 11.5 Å². The van der Waals surface area contributed by atoms with Crippen LogP contribution >= 0.6 is 12.2 Å². The zero-order valence-electron chi connectivity index (χ0n) is 18.1. The molecule has 35 heavy (non-hydrogen) atoms. The van der Waals surface area contributed by atoms with E-state index in [0.717, 1.165) is 4.90 Å². The number of carbonyl (C=O) groups excluding carboxylic acids is 2. The van der Waals surface area contributed by atoms with Gasteiger partial charge >= 0.3 is 5.97 Å². The first-order chi connectivity index (χ1) is 16.8. The minimum atomic E-state index is -1.19. The second-order valence-corrected chi connectivity index (χ2v) is 7.57. The molecular weight excluding hydrogens is 479 g/mol. The third-order valence-corrected chi connectivity index (χ3v) is 5.22. The van der Waals surface area contributed by atoms with E-state index < -0.39 is 23.6 Å². The van der Waals surface area contributed by atoms with E-state index in [0.29, 0.717) is 17.1 Å². The van der Waals surface area contributed by atoms with Gasteiger partial charge in [-0.25, -0.2) is 14.1 Å². The molecule has 9 nitrogen and oxygen atoms in total. The average molecular weight is 496 g/mol. The molecule has 4 rings (SSSR count). The number of methoxy groups -OCH3 is 1. The third-order valence-electron chi connectivity index (χ3n) is 4.94. The number of benzene rings is 2. The van der Waals surface area contributed by atoms with Crippen molar-refractivity contribution in [2.45, 2.75) is 6.61 Å². The quantitative estimate of drug-likeness (QED) is 0.290. The molecule has 3 aromatic rings. The minimum absolute atomic E-state index is 0.0555. The summed E-state index contributed by atoms with van der Waals surface area (Å²) in [6.45, 7) is -0.0555. The molecule has 2 aromatic carbocycles. The van der Waals surface area contributed by atoms with E-state index in [4.69, 9.17) is 31.2 Å². The molecule has 1 aliphatic heterocycles. The summed E-state index contributed by atoms with van der Waals surface area (Å²) in [6, 6.07) is 13.0. The van der Waals surface area contributed by atoms with E-state index in [-0.39, 0.29) is 34.5 Å². The molecule has 1 aromatic heterocycles. The third kappa shape index (κ3) is 4.89. The number of rotatable bonds is 7. The number of carboxylic acid groups (broad SMARTS) is 1. The van der Waals surface area contributed by atoms with E-state index in [1.165, 1.54) is 49.6 Å². The van der Waals surface area contributed by atoms with Gasteiger partial charge in [0, 0.05) is 0 Å². The Labute approximate surface area is 203 Å². The lowest BCUT2D eigenvalue weighted by atomic mass is 10.1. The van der Waals surface area contributed by atoms with Gasteiger partial charge in [0.15, 0.2) is 16.6 Å². The lowest BCUT2D eigenvalue weighted by Crippen LogP contribution is -2.54. The number of aromatic carboxylic acids is 1. The Balaban J connectivity index is 1.58. The molecule has 2 amide bonds. The number of hydrogen-bond acceptors (Lipinski definition) is 7. The molecule has 11 heteroatoms. The number of hydrogen-bond donors (Lipinski definition) is 2. The van der Waals surface area contributed by atoms with Gasteiger partial charge in [0.25, 0.3) is 11.8 Å². The molecule has 0 spiro atoms. The summed E-state index contributed by atoms with van der Waals surface area (Å²) in [5.74, 6) is -2.68. The van der Waals surface area contributed by atoms with Crippen LogP contribution in [0, 0.1) is 5.82 Å². The number of amides is 2. The van der Waals surface area contributed by atoms with Gasteiger partial charge in [-0.2, -0.15) is 0 Å². The second-order valence-electron chi connectivity index (χ2n) is 7.18. The highest BCUT2D eigenvalue weighted by molar-refractivity contribution is 7.80. The Hall–Kier alpha value is -4.51. The van der Waals surface area contributed by atoms with Crippen molar-refractivity contribution in [1.82, 2.24) is 5.32 Å². The first kappa shape index (κ1) is 23.6. The highest BCUT2D eigenvalue weighted by Crippen LogP contribution is 2.31. The van der Waals surface area contributed by atoms with Gasteiger partial charge in [0.2, 0.25) is 5.76 Å². The minimum Gasteiger partial charge on any atom is -0.493 e. The molecule has 0 radical (unpaired) electrons. The first-order valence-corrected chi connectivity index (χ1v) is 10.5. The molecule has 0 unspecified atom stereocenters. The van der Waals surface area contributed by atoms with Crippen molar-refractivity contribution >= 4 is 46.9 Å². The number of carboxylic acids is 1. The second kappa shape index (κ2) is 9.77. The van der Waals surface area contributed by atoms with Crippen molar-refractivity contribution in [2.24, 2.45) is 0 Å². The monoisotopic (exact) mass is 496 g/mol. The van der Waals surface area contributed by atoms with Crippen LogP contribution in [0.5, 0.6) is 11.5 Å². The summed E-state index contributed by atoms with van der Waals surface area (Å²) in [6.07, 6.45) is 1.32. The Morgan fingerprint density at radius 3 is 2.63 bits per heavy atom. The Kier molecular flexibility index (Phi) is 6.60. The summed E-state index contributed by atoms with van der Waals surface area (Å²) < 4.78 is 30.4. The number of nitrogens with one attached hydrogen (secondary N) is 1. The molecule has 0 aliphatic carbocycles. The van der Waals surface area contributed by atoms with Crippen molar-refractivity contribution in [1.29, 1.82) is 0 Å². The molecular formula is C24H17FN2O7S. The van der Waals surface area contributed by atoms with Crippen LogP contribution in [0.1, 0.15) is 21.9 Å². The Bertz CT molecular complexity index is 1380. The van der Waals surface area contributed by atoms with Gasteiger partial charge in [-0.05, 0) is 60.3 Å². The van der Waals surface area contributed by atoms with Crippen molar-refractivity contribution in [3.05, 3.63) is 83.1 Å². The standard InChI is InChI=1S/C24H17FN2O7S/c1-32-20-11-13(6-8-18(20)33-12-14-7-9-19(34-14)23(30)31)10-15-21(28)26-24(35)27(22(15)29)17-5-3-2-4-16(17)25/h2-11H,12H2,1H3,(H,30,31)(H,26,28,35)/b15-10+. The van der Waals surface area contributed by atoms with Crippen LogP contribution in [0.25, 0.3) is 6.08 Å². The lowest BCUT2D eigenvalue weighted by Gasteiger charge is -2.29. The van der Waals surface area contributed by atoms with Crippen molar-refractivity contribution in [2.75, 3.05) is 12.0 Å². The zero-order valence-corrected chi connectivity index (χ0v) is 18.9. The number of nitrogens with zero attached hydrogens (tertiary/aromatic N) is 1. The Morgan fingerprint density at radius 1 is 1.17 bits per heavy atom. The zero-order chi connectivity index (χ0) is 25.1. The predicted octanol–water partition coefficient (Wildman–Crippen LogP) is 3.54. The molecule has 0 atom stereocenters. The molecule has 0 saturated carbocycles. The van der Waals surface area contributed by atoms with Crippen LogP contribution in [0.4, 0.5) is 10.1 Å². The van der Waals surface area contributed by atoms with E-state index >= 15 is 0 Å².